The van der Waals surface area contributed by atoms with Crippen molar-refractivity contribution in [1.29, 1.82) is 0 Å². The number of pyridine rings is 1. The number of esters is 1. The number of carbonyl (C=O) groups excluding carboxylic acids is 1. The third kappa shape index (κ3) is 2.97. The molecule has 124 valence electrons. The van der Waals surface area contributed by atoms with E-state index in [1.165, 1.54) is 0 Å². The van der Waals surface area contributed by atoms with Crippen molar-refractivity contribution in [3.63, 3.8) is 0 Å². The summed E-state index contributed by atoms with van der Waals surface area (Å²) in [6, 6.07) is 8.76. The van der Waals surface area contributed by atoms with Crippen molar-refractivity contribution in [1.82, 2.24) is 25.3 Å². The molecule has 0 amide bonds. The number of rotatable bonds is 4. The van der Waals surface area contributed by atoms with Crippen molar-refractivity contribution in [3.05, 3.63) is 60.4 Å². The summed E-state index contributed by atoms with van der Waals surface area (Å²) >= 11 is 0. The average Bonchev–Trinajstić information content (AvgIpc) is 3.31. The van der Waals surface area contributed by atoms with Gasteiger partial charge in [0.1, 0.15) is 0 Å². The highest BCUT2D eigenvalue weighted by molar-refractivity contribution is 5.94. The van der Waals surface area contributed by atoms with E-state index in [1.807, 2.05) is 6.07 Å². The van der Waals surface area contributed by atoms with Gasteiger partial charge < -0.3 is 9.26 Å². The maximum atomic E-state index is 12.3. The normalized spacial score (nSPS) is 12.2. The van der Waals surface area contributed by atoms with Crippen LogP contribution >= 0.6 is 0 Å². The molecule has 4 rings (SSSR count). The van der Waals surface area contributed by atoms with Crippen LogP contribution in [0.4, 0.5) is 0 Å². The zero-order chi connectivity index (χ0) is 17.2. The summed E-state index contributed by atoms with van der Waals surface area (Å²) in [6.07, 6.45) is 4.30. The van der Waals surface area contributed by atoms with E-state index in [9.17, 15) is 4.79 Å². The molecule has 8 nitrogen and oxygen atoms in total. The highest BCUT2D eigenvalue weighted by Crippen LogP contribution is 2.22. The van der Waals surface area contributed by atoms with Gasteiger partial charge in [0.15, 0.2) is 6.10 Å². The predicted molar refractivity (Wildman–Crippen MR) is 87.5 cm³/mol. The zero-order valence-corrected chi connectivity index (χ0v) is 13.2. The number of H-pyrrole nitrogens is 1. The van der Waals surface area contributed by atoms with Gasteiger partial charge in [0, 0.05) is 23.3 Å². The van der Waals surface area contributed by atoms with Crippen LogP contribution in [0.25, 0.3) is 22.3 Å². The average molecular weight is 335 g/mol. The number of aromatic amines is 1. The van der Waals surface area contributed by atoms with E-state index >= 15 is 0 Å². The number of ether oxygens (including phenoxy) is 1. The molecule has 0 saturated heterocycles. The number of nitrogens with zero attached hydrogens (tertiary/aromatic N) is 4. The Balaban J connectivity index is 1.50. The molecule has 3 aromatic heterocycles. The van der Waals surface area contributed by atoms with Gasteiger partial charge in [-0.3, -0.25) is 10.1 Å². The fourth-order valence-electron chi connectivity index (χ4n) is 2.36. The second kappa shape index (κ2) is 6.16. The minimum absolute atomic E-state index is 0.217. The first-order valence-corrected chi connectivity index (χ1v) is 7.59. The predicted octanol–water partition coefficient (Wildman–Crippen LogP) is 2.93. The van der Waals surface area contributed by atoms with Crippen molar-refractivity contribution < 1.29 is 14.1 Å². The number of fused-ring (bicyclic) bond motifs is 1. The van der Waals surface area contributed by atoms with Gasteiger partial charge in [0.05, 0.1) is 17.3 Å². The highest BCUT2D eigenvalue weighted by Gasteiger charge is 2.20. The number of nitrogens with one attached hydrogen (secondary N) is 1. The van der Waals surface area contributed by atoms with E-state index in [0.29, 0.717) is 11.4 Å². The Morgan fingerprint density at radius 3 is 3.04 bits per heavy atom. The molecular weight excluding hydrogens is 322 g/mol. The number of hydrogen-bond donors (Lipinski definition) is 1. The van der Waals surface area contributed by atoms with E-state index in [0.717, 1.165) is 16.5 Å². The SMILES string of the molecule is C[C@H](OC(=O)c1ccc2cn[nH]c2c1)c1nc(-c2cccnc2)no1. The Hall–Kier alpha value is -3.55. The van der Waals surface area contributed by atoms with Crippen molar-refractivity contribution in [2.24, 2.45) is 0 Å². The van der Waals surface area contributed by atoms with Gasteiger partial charge in [0.2, 0.25) is 5.82 Å². The molecule has 0 unspecified atom stereocenters. The highest BCUT2D eigenvalue weighted by atomic mass is 16.6. The van der Waals surface area contributed by atoms with Gasteiger partial charge in [-0.2, -0.15) is 10.1 Å². The monoisotopic (exact) mass is 335 g/mol. The molecule has 0 radical (unpaired) electrons. The van der Waals surface area contributed by atoms with Gasteiger partial charge in [-0.05, 0) is 31.2 Å². The van der Waals surface area contributed by atoms with Crippen LogP contribution in [0.2, 0.25) is 0 Å². The van der Waals surface area contributed by atoms with E-state index < -0.39 is 12.1 Å². The van der Waals surface area contributed by atoms with Crippen molar-refractivity contribution in [2.75, 3.05) is 0 Å². The molecule has 0 aliphatic carbocycles. The number of aromatic nitrogens is 5. The third-order valence-electron chi connectivity index (χ3n) is 3.67. The van der Waals surface area contributed by atoms with Gasteiger partial charge >= 0.3 is 5.97 Å². The first-order chi connectivity index (χ1) is 12.2. The molecule has 0 saturated carbocycles. The Kier molecular flexibility index (Phi) is 3.70. The van der Waals surface area contributed by atoms with E-state index in [2.05, 4.69) is 25.3 Å². The van der Waals surface area contributed by atoms with Gasteiger partial charge in [-0.25, -0.2) is 4.79 Å². The summed E-state index contributed by atoms with van der Waals surface area (Å²) < 4.78 is 10.6. The maximum Gasteiger partial charge on any atom is 0.338 e. The molecule has 1 N–H and O–H groups in total. The number of carbonyl (C=O) groups is 1. The van der Waals surface area contributed by atoms with Crippen LogP contribution < -0.4 is 0 Å². The minimum atomic E-state index is -0.678. The lowest BCUT2D eigenvalue weighted by Crippen LogP contribution is -2.09. The summed E-state index contributed by atoms with van der Waals surface area (Å²) in [5.74, 6) is 0.129. The van der Waals surface area contributed by atoms with Crippen molar-refractivity contribution >= 4 is 16.9 Å². The minimum Gasteiger partial charge on any atom is -0.449 e. The van der Waals surface area contributed by atoms with Crippen LogP contribution in [-0.2, 0) is 4.74 Å². The lowest BCUT2D eigenvalue weighted by molar-refractivity contribution is 0.0265. The summed E-state index contributed by atoms with van der Waals surface area (Å²) in [6.45, 7) is 1.67. The lowest BCUT2D eigenvalue weighted by atomic mass is 10.2. The quantitative estimate of drug-likeness (QED) is 0.571. The van der Waals surface area contributed by atoms with Crippen LogP contribution in [0.5, 0.6) is 0 Å². The largest absolute Gasteiger partial charge is 0.449 e. The Morgan fingerprint density at radius 2 is 2.20 bits per heavy atom. The Morgan fingerprint density at radius 1 is 1.28 bits per heavy atom. The van der Waals surface area contributed by atoms with Crippen LogP contribution in [0.1, 0.15) is 29.3 Å². The summed E-state index contributed by atoms with van der Waals surface area (Å²) in [7, 11) is 0. The Labute approximate surface area is 141 Å². The third-order valence-corrected chi connectivity index (χ3v) is 3.67. The molecular formula is C17H13N5O3. The second-order valence-corrected chi connectivity index (χ2v) is 5.42. The molecule has 0 spiro atoms. The molecule has 4 aromatic rings. The summed E-state index contributed by atoms with van der Waals surface area (Å²) in [5, 5.41) is 11.6. The van der Waals surface area contributed by atoms with Crippen LogP contribution in [-0.4, -0.2) is 31.3 Å². The molecule has 0 aliphatic rings. The second-order valence-electron chi connectivity index (χ2n) is 5.42. The van der Waals surface area contributed by atoms with Gasteiger partial charge in [0.25, 0.3) is 5.89 Å². The first-order valence-electron chi connectivity index (χ1n) is 7.59. The fourth-order valence-corrected chi connectivity index (χ4v) is 2.36. The summed E-state index contributed by atoms with van der Waals surface area (Å²) in [4.78, 5) is 20.6. The molecule has 8 heteroatoms. The standard InChI is InChI=1S/C17H13N5O3/c1-10(16-20-15(22-25-16)13-3-2-6-18-8-13)24-17(23)11-4-5-12-9-19-21-14(12)7-11/h2-10H,1H3,(H,19,21)/t10-/m0/s1. The fraction of sp³-hybridized carbons (Fsp3) is 0.118. The molecule has 0 aliphatic heterocycles. The molecule has 1 aromatic carbocycles. The maximum absolute atomic E-state index is 12.3. The van der Waals surface area contributed by atoms with E-state index in [1.54, 1.807) is 49.8 Å². The molecule has 0 bridgehead atoms. The molecule has 1 atom stereocenters. The van der Waals surface area contributed by atoms with Gasteiger partial charge in [-0.1, -0.05) is 11.2 Å². The summed E-state index contributed by atoms with van der Waals surface area (Å²) in [5.41, 5.74) is 1.90. The molecule has 3 heterocycles. The van der Waals surface area contributed by atoms with Crippen LogP contribution in [0.15, 0.2) is 53.4 Å². The van der Waals surface area contributed by atoms with Crippen LogP contribution in [0, 0.1) is 0 Å². The van der Waals surface area contributed by atoms with Crippen LogP contribution in [0.3, 0.4) is 0 Å². The van der Waals surface area contributed by atoms with Crippen molar-refractivity contribution in [2.45, 2.75) is 13.0 Å². The molecule has 0 fully saturated rings. The number of hydrogen-bond acceptors (Lipinski definition) is 7. The topological polar surface area (TPSA) is 107 Å². The zero-order valence-electron chi connectivity index (χ0n) is 13.2. The first kappa shape index (κ1) is 15.0. The van der Waals surface area contributed by atoms with E-state index in [4.69, 9.17) is 9.26 Å². The smallest absolute Gasteiger partial charge is 0.338 e. The number of benzene rings is 1. The Bertz CT molecular complexity index is 1020. The van der Waals surface area contributed by atoms with Gasteiger partial charge in [-0.15, -0.1) is 0 Å². The molecule has 25 heavy (non-hydrogen) atoms. The van der Waals surface area contributed by atoms with E-state index in [-0.39, 0.29) is 5.89 Å². The van der Waals surface area contributed by atoms with Crippen molar-refractivity contribution in [3.8, 4) is 11.4 Å². The lowest BCUT2D eigenvalue weighted by Gasteiger charge is -2.09.